The second-order valence-corrected chi connectivity index (χ2v) is 7.65. The van der Waals surface area contributed by atoms with E-state index in [9.17, 15) is 5.11 Å². The van der Waals surface area contributed by atoms with E-state index in [-0.39, 0.29) is 12.1 Å². The van der Waals surface area contributed by atoms with Gasteiger partial charge in [0.1, 0.15) is 17.9 Å². The number of ether oxygens (including phenoxy) is 2. The number of benzene rings is 1. The molecule has 5 nitrogen and oxygen atoms in total. The van der Waals surface area contributed by atoms with Gasteiger partial charge in [-0.15, -0.1) is 11.8 Å². The third kappa shape index (κ3) is 3.14. The van der Waals surface area contributed by atoms with E-state index in [0.29, 0.717) is 19.8 Å². The molecule has 0 unspecified atom stereocenters. The topological polar surface area (TPSA) is 55.1 Å². The molecule has 0 radical (unpaired) electrons. The molecule has 0 amide bonds. The van der Waals surface area contributed by atoms with Crippen molar-refractivity contribution in [3.8, 4) is 5.75 Å². The van der Waals surface area contributed by atoms with Crippen LogP contribution in [0.25, 0.3) is 11.0 Å². The molecule has 0 bridgehead atoms. The molecule has 0 atom stereocenters. The van der Waals surface area contributed by atoms with Gasteiger partial charge in [0.05, 0.1) is 24.3 Å². The molecular formula is C19H23NO4S. The van der Waals surface area contributed by atoms with Crippen molar-refractivity contribution in [1.82, 2.24) is 4.90 Å². The van der Waals surface area contributed by atoms with Crippen LogP contribution in [0, 0.1) is 0 Å². The lowest BCUT2D eigenvalue weighted by molar-refractivity contribution is -0.0345. The Labute approximate surface area is 151 Å². The minimum Gasteiger partial charge on any atom is -0.488 e. The zero-order chi connectivity index (χ0) is 17.3. The number of rotatable bonds is 5. The molecule has 1 saturated heterocycles. The Hall–Kier alpha value is -1.63. The maximum Gasteiger partial charge on any atom is 0.134 e. The summed E-state index contributed by atoms with van der Waals surface area (Å²) in [6.07, 6.45) is 3.42. The highest BCUT2D eigenvalue weighted by Gasteiger charge is 2.41. The van der Waals surface area contributed by atoms with E-state index >= 15 is 0 Å². The van der Waals surface area contributed by atoms with E-state index in [0.717, 1.165) is 35.4 Å². The Bertz CT molecular complexity index is 779. The lowest BCUT2D eigenvalue weighted by Gasteiger charge is -2.44. The first-order chi connectivity index (χ1) is 12.2. The number of nitrogens with zero attached hydrogens (tertiary/aromatic N) is 1. The van der Waals surface area contributed by atoms with Crippen LogP contribution < -0.4 is 4.74 Å². The Morgan fingerprint density at radius 1 is 1.28 bits per heavy atom. The Morgan fingerprint density at radius 2 is 2.12 bits per heavy atom. The van der Waals surface area contributed by atoms with E-state index in [4.69, 9.17) is 13.9 Å². The van der Waals surface area contributed by atoms with Crippen LogP contribution in [0.1, 0.15) is 19.8 Å². The molecule has 3 heterocycles. The molecule has 4 rings (SSSR count). The van der Waals surface area contributed by atoms with Crippen LogP contribution in [0.5, 0.6) is 5.75 Å². The van der Waals surface area contributed by atoms with Crippen molar-refractivity contribution >= 4 is 22.7 Å². The fourth-order valence-corrected chi connectivity index (χ4v) is 4.80. The Balaban J connectivity index is 1.47. The zero-order valence-corrected chi connectivity index (χ0v) is 15.2. The zero-order valence-electron chi connectivity index (χ0n) is 14.4. The summed E-state index contributed by atoms with van der Waals surface area (Å²) in [5, 5.41) is 11.1. The van der Waals surface area contributed by atoms with Gasteiger partial charge in [-0.2, -0.15) is 0 Å². The quantitative estimate of drug-likeness (QED) is 0.878. The number of hydrogen-bond donors (Lipinski definition) is 1. The Morgan fingerprint density at radius 3 is 2.92 bits per heavy atom. The molecule has 2 aliphatic heterocycles. The fourth-order valence-electron chi connectivity index (χ4n) is 3.58. The van der Waals surface area contributed by atoms with E-state index < -0.39 is 0 Å². The Kier molecular flexibility index (Phi) is 4.67. The van der Waals surface area contributed by atoms with Gasteiger partial charge in [0.2, 0.25) is 0 Å². The van der Waals surface area contributed by atoms with Gasteiger partial charge in [0.15, 0.2) is 0 Å². The van der Waals surface area contributed by atoms with Gasteiger partial charge >= 0.3 is 0 Å². The molecule has 1 aromatic heterocycles. The molecule has 1 aromatic carbocycles. The molecule has 134 valence electrons. The third-order valence-electron chi connectivity index (χ3n) is 5.26. The summed E-state index contributed by atoms with van der Waals surface area (Å²) in [7, 11) is 0. The first kappa shape index (κ1) is 16.8. The number of aliphatic hydroxyl groups excluding tert-OH is 1. The van der Waals surface area contributed by atoms with Gasteiger partial charge in [-0.05, 0) is 44.0 Å². The highest BCUT2D eigenvalue weighted by molar-refractivity contribution is 8.03. The van der Waals surface area contributed by atoms with E-state index in [2.05, 4.69) is 11.8 Å². The molecule has 25 heavy (non-hydrogen) atoms. The SMILES string of the molecule is CC1=C(COc2ccc3occc3c2)SCN1C1(CO)CCOCC1. The maximum absolute atomic E-state index is 10.0. The maximum atomic E-state index is 10.0. The number of thioether (sulfide) groups is 1. The average molecular weight is 361 g/mol. The third-order valence-corrected chi connectivity index (χ3v) is 6.41. The molecule has 1 fully saturated rings. The molecule has 2 aromatic rings. The predicted molar refractivity (Wildman–Crippen MR) is 98.6 cm³/mol. The van der Waals surface area contributed by atoms with Crippen molar-refractivity contribution in [1.29, 1.82) is 0 Å². The first-order valence-electron chi connectivity index (χ1n) is 8.61. The molecular weight excluding hydrogens is 338 g/mol. The molecule has 2 aliphatic rings. The fraction of sp³-hybridized carbons (Fsp3) is 0.474. The molecule has 0 saturated carbocycles. The lowest BCUT2D eigenvalue weighted by atomic mass is 9.89. The van der Waals surface area contributed by atoms with E-state index in [1.54, 1.807) is 18.0 Å². The summed E-state index contributed by atoms with van der Waals surface area (Å²) in [5.74, 6) is 1.71. The number of furan rings is 1. The van der Waals surface area contributed by atoms with Gasteiger partial charge in [-0.1, -0.05) is 0 Å². The standard InChI is InChI=1S/C19H23NO4S/c1-14-18(11-24-16-2-3-17-15(10-16)4-7-23-17)25-13-20(14)19(12-21)5-8-22-9-6-19/h2-4,7,10,21H,5-6,8-9,11-13H2,1H3. The average Bonchev–Trinajstić information content (AvgIpc) is 3.27. The lowest BCUT2D eigenvalue weighted by Crippen LogP contribution is -2.53. The number of allylic oxidation sites excluding steroid dienone is 1. The van der Waals surface area contributed by atoms with Crippen molar-refractivity contribution in [2.24, 2.45) is 0 Å². The summed E-state index contributed by atoms with van der Waals surface area (Å²) in [5.41, 5.74) is 1.89. The number of aliphatic hydroxyl groups is 1. The van der Waals surface area contributed by atoms with Crippen LogP contribution >= 0.6 is 11.8 Å². The largest absolute Gasteiger partial charge is 0.488 e. The van der Waals surface area contributed by atoms with Gasteiger partial charge < -0.3 is 23.9 Å². The van der Waals surface area contributed by atoms with Crippen LogP contribution in [0.3, 0.4) is 0 Å². The van der Waals surface area contributed by atoms with E-state index in [1.165, 1.54) is 10.6 Å². The van der Waals surface area contributed by atoms with Crippen molar-refractivity contribution < 1.29 is 19.0 Å². The summed E-state index contributed by atoms with van der Waals surface area (Å²) in [4.78, 5) is 3.57. The van der Waals surface area contributed by atoms with Crippen LogP contribution in [0.4, 0.5) is 0 Å². The van der Waals surface area contributed by atoms with Crippen LogP contribution in [0.15, 0.2) is 45.5 Å². The van der Waals surface area contributed by atoms with Gasteiger partial charge in [0.25, 0.3) is 0 Å². The van der Waals surface area contributed by atoms with Crippen molar-refractivity contribution in [2.45, 2.75) is 25.3 Å². The van der Waals surface area contributed by atoms with Gasteiger partial charge in [-0.3, -0.25) is 0 Å². The molecule has 0 aliphatic carbocycles. The van der Waals surface area contributed by atoms with Gasteiger partial charge in [0, 0.05) is 29.2 Å². The van der Waals surface area contributed by atoms with Crippen molar-refractivity contribution in [3.05, 3.63) is 41.1 Å². The summed E-state index contributed by atoms with van der Waals surface area (Å²) < 4.78 is 16.9. The monoisotopic (exact) mass is 361 g/mol. The number of hydrogen-bond acceptors (Lipinski definition) is 6. The molecule has 1 N–H and O–H groups in total. The van der Waals surface area contributed by atoms with Crippen LogP contribution in [-0.4, -0.2) is 47.8 Å². The second kappa shape index (κ2) is 6.94. The second-order valence-electron chi connectivity index (χ2n) is 6.61. The minimum absolute atomic E-state index is 0.166. The van der Waals surface area contributed by atoms with E-state index in [1.807, 2.05) is 24.3 Å². The van der Waals surface area contributed by atoms with Gasteiger partial charge in [-0.25, -0.2) is 0 Å². The molecule has 6 heteroatoms. The highest BCUT2D eigenvalue weighted by atomic mass is 32.2. The summed E-state index contributed by atoms with van der Waals surface area (Å²) in [6, 6.07) is 7.81. The summed E-state index contributed by atoms with van der Waals surface area (Å²) >= 11 is 1.80. The van der Waals surface area contributed by atoms with Crippen LogP contribution in [0.2, 0.25) is 0 Å². The minimum atomic E-state index is -0.188. The van der Waals surface area contributed by atoms with Crippen molar-refractivity contribution in [3.63, 3.8) is 0 Å². The predicted octanol–water partition coefficient (Wildman–Crippen LogP) is 3.59. The van der Waals surface area contributed by atoms with Crippen LogP contribution in [-0.2, 0) is 4.74 Å². The molecule has 0 spiro atoms. The number of fused-ring (bicyclic) bond motifs is 1. The summed E-state index contributed by atoms with van der Waals surface area (Å²) in [6.45, 7) is 4.27. The smallest absolute Gasteiger partial charge is 0.134 e. The van der Waals surface area contributed by atoms with Crippen molar-refractivity contribution in [2.75, 3.05) is 32.3 Å². The first-order valence-corrected chi connectivity index (χ1v) is 9.59. The highest BCUT2D eigenvalue weighted by Crippen LogP contribution is 2.41. The normalized spacial score (nSPS) is 20.5.